The molecule has 0 amide bonds. The minimum atomic E-state index is -0.0753. The van der Waals surface area contributed by atoms with Crippen molar-refractivity contribution in [2.45, 2.75) is 207 Å². The Bertz CT molecular complexity index is 766. The molecule has 7 atom stereocenters. The van der Waals surface area contributed by atoms with E-state index in [1.54, 1.807) is 21.3 Å². The van der Waals surface area contributed by atoms with Crippen LogP contribution in [0, 0.1) is 51.2 Å². The molecule has 2 saturated carbocycles. The van der Waals surface area contributed by atoms with Gasteiger partial charge in [0.25, 0.3) is 0 Å². The summed E-state index contributed by atoms with van der Waals surface area (Å²) in [6.07, 6.45) is 14.4. The number of ether oxygens (including phenoxy) is 4. The van der Waals surface area contributed by atoms with Gasteiger partial charge in [0.15, 0.2) is 0 Å². The predicted octanol–water partition coefficient (Wildman–Crippen LogP) is 13.3. The number of rotatable bonds is 12. The lowest BCUT2D eigenvalue weighted by molar-refractivity contribution is -0.0300. The zero-order valence-electron chi connectivity index (χ0n) is 38.9. The first kappa shape index (κ1) is 59.5. The molecule has 53 heavy (non-hydrogen) atoms. The number of aliphatic hydroxyl groups excluding tert-OH is 2. The summed E-state index contributed by atoms with van der Waals surface area (Å²) in [7, 11) is 5.04. The Morgan fingerprint density at radius 2 is 1.06 bits per heavy atom. The van der Waals surface area contributed by atoms with E-state index in [2.05, 4.69) is 113 Å². The van der Waals surface area contributed by atoms with Gasteiger partial charge in [0, 0.05) is 41.2 Å². The molecule has 2 rings (SSSR count). The van der Waals surface area contributed by atoms with E-state index in [4.69, 9.17) is 9.47 Å². The first-order chi connectivity index (χ1) is 23.8. The molecular weight excluding hydrogens is 661 g/mol. The van der Waals surface area contributed by atoms with Crippen LogP contribution in [0.5, 0.6) is 0 Å². The third kappa shape index (κ3) is 35.9. The fourth-order valence-electron chi connectivity index (χ4n) is 6.90. The van der Waals surface area contributed by atoms with Crippen molar-refractivity contribution < 1.29 is 29.2 Å². The average Bonchev–Trinajstić information content (AvgIpc) is 3.03. The fourth-order valence-corrected chi connectivity index (χ4v) is 6.90. The Labute approximate surface area is 335 Å². The maximum atomic E-state index is 10.3. The van der Waals surface area contributed by atoms with Gasteiger partial charge in [-0.15, -0.1) is 0 Å². The van der Waals surface area contributed by atoms with Crippen LogP contribution < -0.4 is 0 Å². The standard InChI is InChI=1S/2C16H32O.C6H14O.C5H12O2.C3H8O.CH4/c1-15(2,3)10-9-12-7-8-14(17)13(11-12)16(4,5)6;1-15(2,3)10-9-12-7-8-13(14(17)11-12)16(4,5)6;1-4-6(2)5-7-3;1-3-4-7-5-6-2;1-3-4-2;/h2*12-14,17H,7-11H2,1-6H3;6H,4-5H2,1-3H3;3-5H2,1-2H3;3H2,1-2H3;1H4. The van der Waals surface area contributed by atoms with E-state index in [9.17, 15) is 10.2 Å². The monoisotopic (exact) mass is 763 g/mol. The van der Waals surface area contributed by atoms with Crippen molar-refractivity contribution in [2.24, 2.45) is 51.2 Å². The predicted molar refractivity (Wildman–Crippen MR) is 234 cm³/mol. The minimum absolute atomic E-state index is 0. The third-order valence-corrected chi connectivity index (χ3v) is 10.7. The lowest BCUT2D eigenvalue weighted by atomic mass is 9.66. The van der Waals surface area contributed by atoms with Gasteiger partial charge in [0.1, 0.15) is 6.79 Å². The number of hydrogen-bond donors (Lipinski definition) is 2. The van der Waals surface area contributed by atoms with Crippen molar-refractivity contribution in [2.75, 3.05) is 47.9 Å². The molecule has 0 saturated heterocycles. The van der Waals surface area contributed by atoms with Crippen molar-refractivity contribution in [3.8, 4) is 0 Å². The Morgan fingerprint density at radius 1 is 0.604 bits per heavy atom. The maximum Gasteiger partial charge on any atom is 0.146 e. The summed E-state index contributed by atoms with van der Waals surface area (Å²) in [5.74, 6) is 3.30. The number of aliphatic hydroxyl groups is 2. The van der Waals surface area contributed by atoms with Crippen LogP contribution in [0.15, 0.2) is 0 Å². The molecule has 326 valence electrons. The van der Waals surface area contributed by atoms with E-state index >= 15 is 0 Å². The van der Waals surface area contributed by atoms with E-state index in [1.807, 2.05) is 6.92 Å². The summed E-state index contributed by atoms with van der Waals surface area (Å²) in [5, 5.41) is 20.5. The van der Waals surface area contributed by atoms with Gasteiger partial charge in [-0.2, -0.15) is 0 Å². The van der Waals surface area contributed by atoms with E-state index < -0.39 is 0 Å². The second-order valence-electron chi connectivity index (χ2n) is 20.5. The van der Waals surface area contributed by atoms with Crippen molar-refractivity contribution in [3.63, 3.8) is 0 Å². The molecular formula is C47H102O6. The quantitative estimate of drug-likeness (QED) is 0.152. The van der Waals surface area contributed by atoms with Crippen LogP contribution in [0.1, 0.15) is 195 Å². The highest BCUT2D eigenvalue weighted by Gasteiger charge is 2.37. The Balaban J connectivity index is -0.000000310. The van der Waals surface area contributed by atoms with Crippen LogP contribution in [-0.2, 0) is 18.9 Å². The normalized spacial score (nSPS) is 23.9. The Morgan fingerprint density at radius 3 is 1.38 bits per heavy atom. The van der Waals surface area contributed by atoms with Gasteiger partial charge < -0.3 is 29.2 Å². The average molecular weight is 763 g/mol. The molecule has 0 bridgehead atoms. The molecule has 0 aliphatic heterocycles. The van der Waals surface area contributed by atoms with Crippen LogP contribution >= 0.6 is 0 Å². The molecule has 2 aliphatic carbocycles. The largest absolute Gasteiger partial charge is 0.393 e. The highest BCUT2D eigenvalue weighted by atomic mass is 16.7. The minimum Gasteiger partial charge on any atom is -0.393 e. The molecule has 2 aliphatic rings. The lowest BCUT2D eigenvalue weighted by Gasteiger charge is -2.41. The molecule has 2 fully saturated rings. The molecule has 0 spiro atoms. The van der Waals surface area contributed by atoms with Gasteiger partial charge in [-0.1, -0.05) is 118 Å². The van der Waals surface area contributed by atoms with Gasteiger partial charge in [-0.05, 0) is 129 Å². The second kappa shape index (κ2) is 31.8. The van der Waals surface area contributed by atoms with E-state index in [0.717, 1.165) is 56.8 Å². The first-order valence-corrected chi connectivity index (χ1v) is 21.2. The molecule has 0 aromatic rings. The summed E-state index contributed by atoms with van der Waals surface area (Å²) >= 11 is 0. The second-order valence-corrected chi connectivity index (χ2v) is 20.5. The smallest absolute Gasteiger partial charge is 0.146 e. The Hall–Kier alpha value is -0.240. The van der Waals surface area contributed by atoms with Crippen molar-refractivity contribution in [1.29, 1.82) is 0 Å². The maximum absolute atomic E-state index is 10.3. The fraction of sp³-hybridized carbons (Fsp3) is 1.00. The van der Waals surface area contributed by atoms with Gasteiger partial charge in [-0.3, -0.25) is 0 Å². The summed E-state index contributed by atoms with van der Waals surface area (Å²) in [6, 6.07) is 0. The van der Waals surface area contributed by atoms with Gasteiger partial charge in [0.05, 0.1) is 12.2 Å². The zero-order chi connectivity index (χ0) is 41.2. The van der Waals surface area contributed by atoms with Crippen LogP contribution in [0.25, 0.3) is 0 Å². The summed E-state index contributed by atoms with van der Waals surface area (Å²) in [6.45, 7) is 38.8. The lowest BCUT2D eigenvalue weighted by Crippen LogP contribution is -2.37. The van der Waals surface area contributed by atoms with Crippen molar-refractivity contribution >= 4 is 0 Å². The van der Waals surface area contributed by atoms with Gasteiger partial charge in [-0.25, -0.2) is 0 Å². The molecule has 6 heteroatoms. The van der Waals surface area contributed by atoms with Crippen LogP contribution in [-0.4, -0.2) is 70.4 Å². The molecule has 0 aromatic carbocycles. The van der Waals surface area contributed by atoms with E-state index in [1.165, 1.54) is 57.8 Å². The van der Waals surface area contributed by atoms with Crippen molar-refractivity contribution in [3.05, 3.63) is 0 Å². The molecule has 0 aromatic heterocycles. The molecule has 0 radical (unpaired) electrons. The highest BCUT2D eigenvalue weighted by Crippen LogP contribution is 2.43. The van der Waals surface area contributed by atoms with Crippen LogP contribution in [0.4, 0.5) is 0 Å². The van der Waals surface area contributed by atoms with Crippen molar-refractivity contribution in [1.82, 2.24) is 0 Å². The molecule has 6 nitrogen and oxygen atoms in total. The first-order valence-electron chi connectivity index (χ1n) is 21.2. The topological polar surface area (TPSA) is 77.4 Å². The summed E-state index contributed by atoms with van der Waals surface area (Å²) < 4.78 is 19.0. The van der Waals surface area contributed by atoms with E-state index in [-0.39, 0.29) is 30.5 Å². The van der Waals surface area contributed by atoms with Gasteiger partial charge in [0.2, 0.25) is 0 Å². The van der Waals surface area contributed by atoms with Gasteiger partial charge >= 0.3 is 0 Å². The molecule has 2 N–H and O–H groups in total. The number of hydrogen-bond acceptors (Lipinski definition) is 6. The molecule has 7 unspecified atom stereocenters. The SMILES string of the molecule is C.CC(C)(C)CCC1CCC(C(C)(C)C)C(O)C1.CC(C)(C)CCC1CCC(O)C(C(C)(C)C)C1.CCC(C)COC.CCCOCOC.CCOC. The Kier molecular flexibility index (Phi) is 35.7. The van der Waals surface area contributed by atoms with Crippen LogP contribution in [0.3, 0.4) is 0 Å². The van der Waals surface area contributed by atoms with Crippen LogP contribution in [0.2, 0.25) is 0 Å². The summed E-state index contributed by atoms with van der Waals surface area (Å²) in [4.78, 5) is 0. The molecule has 0 heterocycles. The number of methoxy groups -OCH3 is 3. The zero-order valence-corrected chi connectivity index (χ0v) is 38.9. The highest BCUT2D eigenvalue weighted by molar-refractivity contribution is 4.88. The van der Waals surface area contributed by atoms with E-state index in [0.29, 0.717) is 29.5 Å². The third-order valence-electron chi connectivity index (χ3n) is 10.7. The summed E-state index contributed by atoms with van der Waals surface area (Å²) in [5.41, 5.74) is 1.40.